The molecule has 188 valence electrons. The van der Waals surface area contributed by atoms with Gasteiger partial charge in [0, 0.05) is 47.7 Å². The molecule has 0 amide bonds. The lowest BCUT2D eigenvalue weighted by Crippen LogP contribution is -2.36. The second-order valence-electron chi connectivity index (χ2n) is 9.61. The lowest BCUT2D eigenvalue weighted by atomic mass is 9.96. The average molecular weight is 510 g/mol. The van der Waals surface area contributed by atoms with Crippen molar-refractivity contribution in [3.63, 3.8) is 0 Å². The van der Waals surface area contributed by atoms with Gasteiger partial charge in [0.2, 0.25) is 0 Å². The molecule has 2 saturated heterocycles. The summed E-state index contributed by atoms with van der Waals surface area (Å²) in [5, 5.41) is 4.29. The van der Waals surface area contributed by atoms with E-state index in [4.69, 9.17) is 21.9 Å². The maximum Gasteiger partial charge on any atom is 0.174 e. The van der Waals surface area contributed by atoms with E-state index in [9.17, 15) is 0 Å². The Morgan fingerprint density at radius 3 is 2.27 bits per heavy atom. The Morgan fingerprint density at radius 1 is 0.865 bits per heavy atom. The van der Waals surface area contributed by atoms with E-state index in [0.717, 1.165) is 43.4 Å². The second-order valence-corrected chi connectivity index (χ2v) is 10.00. The molecule has 6 nitrogen and oxygen atoms in total. The molecule has 0 bridgehead atoms. The van der Waals surface area contributed by atoms with Gasteiger partial charge in [-0.05, 0) is 86.2 Å². The van der Waals surface area contributed by atoms with Gasteiger partial charge in [-0.25, -0.2) is 0 Å². The molecule has 4 aromatic rings. The van der Waals surface area contributed by atoms with Crippen LogP contribution in [0.4, 0.5) is 11.4 Å². The Hall–Kier alpha value is -3.68. The van der Waals surface area contributed by atoms with Crippen molar-refractivity contribution in [1.82, 2.24) is 14.9 Å². The average Bonchev–Trinajstić information content (AvgIpc) is 3.45. The van der Waals surface area contributed by atoms with Gasteiger partial charge in [0.25, 0.3) is 0 Å². The van der Waals surface area contributed by atoms with Gasteiger partial charge >= 0.3 is 0 Å². The van der Waals surface area contributed by atoms with Crippen LogP contribution < -0.4 is 15.1 Å². The van der Waals surface area contributed by atoms with Crippen LogP contribution in [0.1, 0.15) is 34.7 Å². The molecule has 0 radical (unpaired) electrons. The lowest BCUT2D eigenvalue weighted by Gasteiger charge is -2.29. The SMILES string of the molecule is Cc1cc([C@@H]2[C@@H](c3ccccn3)NC(=S)N2c2ccccc2)c(C)n1-c1ccc(N2CCOCC2)cc1. The Kier molecular flexibility index (Phi) is 6.40. The molecule has 0 saturated carbocycles. The van der Waals surface area contributed by atoms with Crippen LogP contribution in [0.15, 0.2) is 85.1 Å². The molecule has 37 heavy (non-hydrogen) atoms. The minimum absolute atomic E-state index is 0.0302. The molecule has 2 aliphatic rings. The first-order valence-electron chi connectivity index (χ1n) is 12.8. The molecule has 2 aliphatic heterocycles. The third-order valence-corrected chi connectivity index (χ3v) is 7.72. The van der Waals surface area contributed by atoms with Gasteiger partial charge in [0.1, 0.15) is 0 Å². The van der Waals surface area contributed by atoms with Crippen molar-refractivity contribution < 1.29 is 4.74 Å². The number of nitrogens with zero attached hydrogens (tertiary/aromatic N) is 4. The highest BCUT2D eigenvalue weighted by molar-refractivity contribution is 7.80. The van der Waals surface area contributed by atoms with Crippen LogP contribution in [0, 0.1) is 13.8 Å². The maximum atomic E-state index is 5.90. The Balaban J connectivity index is 1.41. The zero-order valence-electron chi connectivity index (χ0n) is 21.2. The fourth-order valence-corrected chi connectivity index (χ4v) is 6.00. The van der Waals surface area contributed by atoms with Crippen LogP contribution >= 0.6 is 12.2 Å². The largest absolute Gasteiger partial charge is 0.378 e. The van der Waals surface area contributed by atoms with Gasteiger partial charge in [0.05, 0.1) is 31.0 Å². The summed E-state index contributed by atoms with van der Waals surface area (Å²) in [6, 6.07) is 27.5. The number of benzene rings is 2. The van der Waals surface area contributed by atoms with Gasteiger partial charge in [-0.1, -0.05) is 24.3 Å². The summed E-state index contributed by atoms with van der Waals surface area (Å²) in [5.41, 5.74) is 8.09. The Labute approximate surface area is 223 Å². The molecule has 2 atom stereocenters. The highest BCUT2D eigenvalue weighted by Crippen LogP contribution is 2.43. The lowest BCUT2D eigenvalue weighted by molar-refractivity contribution is 0.122. The molecule has 2 aromatic heterocycles. The third kappa shape index (κ3) is 4.38. The number of aryl methyl sites for hydroxylation is 1. The van der Waals surface area contributed by atoms with E-state index >= 15 is 0 Å². The van der Waals surface area contributed by atoms with E-state index in [2.05, 4.69) is 94.2 Å². The molecular weight excluding hydrogens is 478 g/mol. The second kappa shape index (κ2) is 10.00. The number of anilines is 2. The molecule has 4 heterocycles. The number of rotatable bonds is 5. The Bertz CT molecular complexity index is 1380. The van der Waals surface area contributed by atoms with Crippen LogP contribution in [0.3, 0.4) is 0 Å². The summed E-state index contributed by atoms with van der Waals surface area (Å²) in [6.07, 6.45) is 1.85. The zero-order chi connectivity index (χ0) is 25.4. The summed E-state index contributed by atoms with van der Waals surface area (Å²) in [5.74, 6) is 0. The highest BCUT2D eigenvalue weighted by atomic mass is 32.1. The predicted octanol–water partition coefficient (Wildman–Crippen LogP) is 5.50. The van der Waals surface area contributed by atoms with Gasteiger partial charge in [-0.15, -0.1) is 0 Å². The minimum Gasteiger partial charge on any atom is -0.378 e. The number of aromatic nitrogens is 2. The number of hydrogen-bond acceptors (Lipinski definition) is 4. The molecule has 2 fully saturated rings. The molecule has 0 spiro atoms. The molecule has 7 heteroatoms. The summed E-state index contributed by atoms with van der Waals surface area (Å²) in [6.45, 7) is 7.82. The summed E-state index contributed by atoms with van der Waals surface area (Å²) in [7, 11) is 0. The van der Waals surface area contributed by atoms with Crippen molar-refractivity contribution in [3.8, 4) is 5.69 Å². The van der Waals surface area contributed by atoms with Crippen molar-refractivity contribution >= 4 is 28.7 Å². The monoisotopic (exact) mass is 509 g/mol. The number of morpholine rings is 1. The quantitative estimate of drug-likeness (QED) is 0.358. The van der Waals surface area contributed by atoms with Gasteiger partial charge in [-0.2, -0.15) is 0 Å². The fraction of sp³-hybridized carbons (Fsp3) is 0.267. The highest BCUT2D eigenvalue weighted by Gasteiger charge is 2.42. The van der Waals surface area contributed by atoms with Crippen LogP contribution in [0.25, 0.3) is 5.69 Å². The number of ether oxygens (including phenoxy) is 1. The molecule has 2 aromatic carbocycles. The van der Waals surface area contributed by atoms with E-state index in [-0.39, 0.29) is 12.1 Å². The van der Waals surface area contributed by atoms with E-state index < -0.39 is 0 Å². The van der Waals surface area contributed by atoms with Gasteiger partial charge < -0.3 is 24.4 Å². The fourth-order valence-electron chi connectivity index (χ4n) is 5.66. The van der Waals surface area contributed by atoms with E-state index in [1.807, 2.05) is 24.4 Å². The normalized spacial score (nSPS) is 19.8. The first kappa shape index (κ1) is 23.7. The standard InChI is InChI=1S/C30H31N5OS/c1-21-20-26(22(2)34(21)25-13-11-23(12-14-25)33-16-18-36-19-17-33)29-28(27-10-6-7-15-31-27)32-30(37)35(29)24-8-4-3-5-9-24/h3-15,20,28-29H,16-19H2,1-2H3,(H,32,37)/t28-,29-/m1/s1. The van der Waals surface area contributed by atoms with Crippen molar-refractivity contribution in [2.45, 2.75) is 25.9 Å². The summed E-state index contributed by atoms with van der Waals surface area (Å²) in [4.78, 5) is 9.32. The molecule has 6 rings (SSSR count). The maximum absolute atomic E-state index is 5.90. The smallest absolute Gasteiger partial charge is 0.174 e. The molecule has 1 N–H and O–H groups in total. The van der Waals surface area contributed by atoms with E-state index in [0.29, 0.717) is 5.11 Å². The first-order chi connectivity index (χ1) is 18.1. The number of nitrogens with one attached hydrogen (secondary N) is 1. The van der Waals surface area contributed by atoms with Crippen LogP contribution in [0.5, 0.6) is 0 Å². The number of pyridine rings is 1. The molecule has 0 aliphatic carbocycles. The minimum atomic E-state index is -0.0634. The van der Waals surface area contributed by atoms with Crippen LogP contribution in [0.2, 0.25) is 0 Å². The van der Waals surface area contributed by atoms with Crippen LogP contribution in [-0.4, -0.2) is 41.0 Å². The Morgan fingerprint density at radius 2 is 1.57 bits per heavy atom. The third-order valence-electron chi connectivity index (χ3n) is 7.41. The molecule has 0 unspecified atom stereocenters. The topological polar surface area (TPSA) is 45.6 Å². The number of para-hydroxylation sites is 1. The van der Waals surface area contributed by atoms with Crippen LogP contribution in [-0.2, 0) is 4.74 Å². The zero-order valence-corrected chi connectivity index (χ0v) is 22.0. The predicted molar refractivity (Wildman–Crippen MR) is 153 cm³/mol. The number of thiocarbonyl (C=S) groups is 1. The van der Waals surface area contributed by atoms with E-state index in [1.54, 1.807) is 0 Å². The number of hydrogen-bond donors (Lipinski definition) is 1. The molecular formula is C30H31N5OS. The van der Waals surface area contributed by atoms with E-state index in [1.165, 1.54) is 22.6 Å². The van der Waals surface area contributed by atoms with Crippen molar-refractivity contribution in [2.75, 3.05) is 36.1 Å². The van der Waals surface area contributed by atoms with Crippen molar-refractivity contribution in [2.24, 2.45) is 0 Å². The van der Waals surface area contributed by atoms with Crippen molar-refractivity contribution in [1.29, 1.82) is 0 Å². The summed E-state index contributed by atoms with van der Waals surface area (Å²) >= 11 is 5.90. The van der Waals surface area contributed by atoms with Gasteiger partial charge in [0.15, 0.2) is 5.11 Å². The first-order valence-corrected chi connectivity index (χ1v) is 13.2. The van der Waals surface area contributed by atoms with Crippen molar-refractivity contribution in [3.05, 3.63) is 108 Å². The van der Waals surface area contributed by atoms with Gasteiger partial charge in [-0.3, -0.25) is 4.98 Å². The summed E-state index contributed by atoms with van der Waals surface area (Å²) < 4.78 is 7.86.